The van der Waals surface area contributed by atoms with E-state index in [1.54, 1.807) is 6.07 Å². The van der Waals surface area contributed by atoms with E-state index in [0.717, 1.165) is 11.0 Å². The molecule has 0 fully saturated rings. The summed E-state index contributed by atoms with van der Waals surface area (Å²) in [5, 5.41) is 5.64. The lowest BCUT2D eigenvalue weighted by molar-refractivity contribution is 1.11. The summed E-state index contributed by atoms with van der Waals surface area (Å²) in [4.78, 5) is 4.05. The highest BCUT2D eigenvalue weighted by Gasteiger charge is 1.97. The van der Waals surface area contributed by atoms with Crippen molar-refractivity contribution >= 4 is 29.1 Å². The summed E-state index contributed by atoms with van der Waals surface area (Å²) in [5.74, 6) is 0.483. The van der Waals surface area contributed by atoms with E-state index in [1.807, 2.05) is 6.07 Å². The number of aromatic nitrogens is 3. The normalized spacial score (nSPS) is 10.5. The zero-order valence-corrected chi connectivity index (χ0v) is 6.40. The Labute approximate surface area is 67.4 Å². The number of nitrogen functional groups attached to an aromatic ring is 1. The molecule has 0 aliphatic rings. The minimum absolute atomic E-state index is 0.483. The molecular formula is C6H6N4S. The van der Waals surface area contributed by atoms with Crippen LogP contribution < -0.4 is 5.73 Å². The molecule has 0 aliphatic carbocycles. The molecule has 4 N–H and O–H groups in total. The number of fused-ring (bicyclic) bond motifs is 1. The third-order valence-electron chi connectivity index (χ3n) is 1.44. The maximum atomic E-state index is 5.47. The van der Waals surface area contributed by atoms with E-state index in [9.17, 15) is 0 Å². The van der Waals surface area contributed by atoms with Crippen molar-refractivity contribution in [3.05, 3.63) is 16.8 Å². The number of anilines is 1. The number of hydrogen-bond donors (Lipinski definition) is 3. The molecule has 0 spiro atoms. The van der Waals surface area contributed by atoms with Crippen LogP contribution in [0.25, 0.3) is 11.0 Å². The van der Waals surface area contributed by atoms with Crippen LogP contribution in [0, 0.1) is 4.64 Å². The van der Waals surface area contributed by atoms with E-state index in [2.05, 4.69) is 15.2 Å². The number of aromatic amines is 2. The first-order valence-electron chi connectivity index (χ1n) is 3.10. The van der Waals surface area contributed by atoms with Gasteiger partial charge < -0.3 is 5.73 Å². The number of nitrogens with one attached hydrogen (secondary N) is 2. The van der Waals surface area contributed by atoms with Crippen LogP contribution in [0.1, 0.15) is 0 Å². The Morgan fingerprint density at radius 2 is 2.18 bits per heavy atom. The highest BCUT2D eigenvalue weighted by Crippen LogP contribution is 2.10. The van der Waals surface area contributed by atoms with Crippen molar-refractivity contribution in [2.24, 2.45) is 0 Å². The van der Waals surface area contributed by atoms with Gasteiger partial charge in [0.05, 0.1) is 5.52 Å². The zero-order chi connectivity index (χ0) is 7.84. The van der Waals surface area contributed by atoms with Crippen LogP contribution in [0.5, 0.6) is 0 Å². The maximum absolute atomic E-state index is 5.47. The first-order chi connectivity index (χ1) is 5.27. The zero-order valence-electron chi connectivity index (χ0n) is 5.59. The summed E-state index contributed by atoms with van der Waals surface area (Å²) < 4.78 is 0.590. The summed E-state index contributed by atoms with van der Waals surface area (Å²) in [6.07, 6.45) is 0. The molecule has 0 bridgehead atoms. The van der Waals surface area contributed by atoms with Gasteiger partial charge in [0.25, 0.3) is 0 Å². The number of hydrogen-bond acceptors (Lipinski definition) is 3. The number of pyridine rings is 1. The van der Waals surface area contributed by atoms with Gasteiger partial charge in [0, 0.05) is 0 Å². The van der Waals surface area contributed by atoms with Crippen molar-refractivity contribution in [3.63, 3.8) is 0 Å². The Bertz CT molecular complexity index is 441. The molecule has 0 atom stereocenters. The summed E-state index contributed by atoms with van der Waals surface area (Å²) in [7, 11) is 0. The molecule has 56 valence electrons. The van der Waals surface area contributed by atoms with Crippen molar-refractivity contribution < 1.29 is 0 Å². The fourth-order valence-corrected chi connectivity index (χ4v) is 1.14. The van der Waals surface area contributed by atoms with E-state index in [-0.39, 0.29) is 0 Å². The average molecular weight is 166 g/mol. The van der Waals surface area contributed by atoms with E-state index in [1.165, 1.54) is 0 Å². The highest BCUT2D eigenvalue weighted by atomic mass is 32.1. The second-order valence-electron chi connectivity index (χ2n) is 2.21. The van der Waals surface area contributed by atoms with Gasteiger partial charge in [0.1, 0.15) is 16.0 Å². The largest absolute Gasteiger partial charge is 0.384 e. The number of nitrogens with zero attached hydrogens (tertiary/aromatic N) is 1. The minimum atomic E-state index is 0.483. The molecular weight excluding hydrogens is 160 g/mol. The molecule has 0 saturated heterocycles. The third kappa shape index (κ3) is 0.894. The van der Waals surface area contributed by atoms with Crippen LogP contribution in [0.4, 0.5) is 5.82 Å². The Morgan fingerprint density at radius 3 is 3.00 bits per heavy atom. The van der Waals surface area contributed by atoms with Crippen molar-refractivity contribution in [1.82, 2.24) is 15.2 Å². The van der Waals surface area contributed by atoms with E-state index >= 15 is 0 Å². The number of nitrogens with two attached hydrogens (primary N) is 1. The third-order valence-corrected chi connectivity index (χ3v) is 1.74. The minimum Gasteiger partial charge on any atom is -0.384 e. The van der Waals surface area contributed by atoms with Crippen LogP contribution >= 0.6 is 12.2 Å². The summed E-state index contributed by atoms with van der Waals surface area (Å²) in [6.45, 7) is 0. The van der Waals surface area contributed by atoms with Crippen LogP contribution in [-0.4, -0.2) is 15.2 Å². The highest BCUT2D eigenvalue weighted by molar-refractivity contribution is 7.71. The van der Waals surface area contributed by atoms with Gasteiger partial charge in [-0.25, -0.2) is 4.98 Å². The van der Waals surface area contributed by atoms with Crippen LogP contribution in [0.15, 0.2) is 12.1 Å². The van der Waals surface area contributed by atoms with Gasteiger partial charge in [-0.2, -0.15) is 0 Å². The first kappa shape index (κ1) is 6.36. The van der Waals surface area contributed by atoms with Gasteiger partial charge in [-0.05, 0) is 12.1 Å². The molecule has 0 aliphatic heterocycles. The summed E-state index contributed by atoms with van der Waals surface area (Å²) in [5.41, 5.74) is 7.07. The Morgan fingerprint density at radius 1 is 1.36 bits per heavy atom. The monoisotopic (exact) mass is 166 g/mol. The average Bonchev–Trinajstić information content (AvgIpc) is 2.33. The molecule has 2 aromatic heterocycles. The standard InChI is InChI=1S/C6H6N4S/c7-4-2-1-3-5(8-4)6(11)10-9-3/h1-2H,(H2,7,8)(H2,9,10,11). The lowest BCUT2D eigenvalue weighted by Gasteiger charge is -1.89. The molecule has 0 amide bonds. The van der Waals surface area contributed by atoms with Gasteiger partial charge in [0.15, 0.2) is 0 Å². The molecule has 0 saturated carbocycles. The molecule has 4 nitrogen and oxygen atoms in total. The molecule has 0 radical (unpaired) electrons. The molecule has 2 aromatic rings. The fraction of sp³-hybridized carbons (Fsp3) is 0. The smallest absolute Gasteiger partial charge is 0.146 e. The molecule has 11 heavy (non-hydrogen) atoms. The topological polar surface area (TPSA) is 70.5 Å². The lowest BCUT2D eigenvalue weighted by atomic mass is 10.4. The van der Waals surface area contributed by atoms with Crippen LogP contribution in [0.3, 0.4) is 0 Å². The fourth-order valence-electron chi connectivity index (χ4n) is 0.931. The van der Waals surface area contributed by atoms with Crippen molar-refractivity contribution in [1.29, 1.82) is 0 Å². The van der Waals surface area contributed by atoms with Crippen molar-refractivity contribution in [3.8, 4) is 0 Å². The van der Waals surface area contributed by atoms with E-state index in [0.29, 0.717) is 10.5 Å². The van der Waals surface area contributed by atoms with Gasteiger partial charge in [0.2, 0.25) is 0 Å². The maximum Gasteiger partial charge on any atom is 0.146 e. The SMILES string of the molecule is Nc1ccc2[nH][nH]c(=S)c2n1. The van der Waals surface area contributed by atoms with Crippen LogP contribution in [-0.2, 0) is 0 Å². The Balaban J connectivity index is 2.99. The van der Waals surface area contributed by atoms with Gasteiger partial charge >= 0.3 is 0 Å². The van der Waals surface area contributed by atoms with E-state index < -0.39 is 0 Å². The lowest BCUT2D eigenvalue weighted by Crippen LogP contribution is -1.87. The summed E-state index contributed by atoms with van der Waals surface area (Å²) >= 11 is 4.94. The molecule has 2 heterocycles. The number of H-pyrrole nitrogens is 2. The first-order valence-corrected chi connectivity index (χ1v) is 3.51. The Hall–Kier alpha value is -1.36. The molecule has 0 unspecified atom stereocenters. The predicted molar refractivity (Wildman–Crippen MR) is 45.7 cm³/mol. The summed E-state index contributed by atoms with van der Waals surface area (Å²) in [6, 6.07) is 3.56. The Kier molecular flexibility index (Phi) is 1.19. The van der Waals surface area contributed by atoms with Crippen molar-refractivity contribution in [2.75, 3.05) is 5.73 Å². The van der Waals surface area contributed by atoms with Gasteiger partial charge in [-0.1, -0.05) is 12.2 Å². The quantitative estimate of drug-likeness (QED) is 0.515. The predicted octanol–water partition coefficient (Wildman–Crippen LogP) is 1.20. The molecule has 5 heteroatoms. The molecule has 2 rings (SSSR count). The van der Waals surface area contributed by atoms with Crippen molar-refractivity contribution in [2.45, 2.75) is 0 Å². The van der Waals surface area contributed by atoms with Gasteiger partial charge in [-0.3, -0.25) is 10.2 Å². The van der Waals surface area contributed by atoms with Gasteiger partial charge in [-0.15, -0.1) is 0 Å². The van der Waals surface area contributed by atoms with Crippen LogP contribution in [0.2, 0.25) is 0 Å². The molecule has 0 aromatic carbocycles. The second kappa shape index (κ2) is 2.06. The van der Waals surface area contributed by atoms with E-state index in [4.69, 9.17) is 18.0 Å². The number of rotatable bonds is 0. The second-order valence-corrected chi connectivity index (χ2v) is 2.62.